The molecule has 0 unspecified atom stereocenters. The predicted octanol–water partition coefficient (Wildman–Crippen LogP) is 6.20. The van der Waals surface area contributed by atoms with Crippen molar-refractivity contribution in [2.75, 3.05) is 11.2 Å². The minimum absolute atomic E-state index is 0.0592. The molecule has 9 nitrogen and oxygen atoms in total. The minimum atomic E-state index is -4.78. The average Bonchev–Trinajstić information content (AvgIpc) is 2.75. The Hall–Kier alpha value is -3.61. The van der Waals surface area contributed by atoms with Gasteiger partial charge in [0.25, 0.3) is 5.56 Å². The fourth-order valence-corrected chi connectivity index (χ4v) is 3.72. The highest BCUT2D eigenvalue weighted by atomic mass is 32.2. The molecule has 1 aromatic carbocycles. The molecule has 0 aliphatic rings. The first-order valence-electron chi connectivity index (χ1n) is 11.3. The highest BCUT2D eigenvalue weighted by Gasteiger charge is 2.37. The third kappa shape index (κ3) is 6.44. The van der Waals surface area contributed by atoms with Crippen LogP contribution in [-0.2, 0) is 15.7 Å². The van der Waals surface area contributed by atoms with E-state index in [1.807, 2.05) is 0 Å². The number of para-hydroxylation sites is 1. The first-order chi connectivity index (χ1) is 17.4. The lowest BCUT2D eigenvalue weighted by molar-refractivity contribution is -0.137. The fourth-order valence-electron chi connectivity index (χ4n) is 3.38. The van der Waals surface area contributed by atoms with E-state index in [-0.39, 0.29) is 21.9 Å². The van der Waals surface area contributed by atoms with Gasteiger partial charge in [-0.3, -0.25) is 9.36 Å². The van der Waals surface area contributed by atoms with Gasteiger partial charge in [-0.25, -0.2) is 19.6 Å². The Kier molecular flexibility index (Phi) is 7.83. The molecule has 2 heterocycles. The Balaban J connectivity index is 2.41. The number of amides is 2. The van der Waals surface area contributed by atoms with Crippen LogP contribution in [0.4, 0.5) is 28.4 Å². The van der Waals surface area contributed by atoms with E-state index in [1.165, 1.54) is 18.3 Å². The fraction of sp³-hybridized carbons (Fsp3) is 0.400. The van der Waals surface area contributed by atoms with Gasteiger partial charge in [-0.2, -0.15) is 18.1 Å². The number of rotatable bonds is 3. The molecule has 0 spiro atoms. The van der Waals surface area contributed by atoms with Crippen LogP contribution in [0.1, 0.15) is 47.1 Å². The number of hydrogen-bond donors (Lipinski definition) is 0. The van der Waals surface area contributed by atoms with Crippen molar-refractivity contribution in [1.29, 1.82) is 0 Å². The van der Waals surface area contributed by atoms with Crippen LogP contribution in [0.15, 0.2) is 46.5 Å². The quantitative estimate of drug-likeness (QED) is 0.280. The summed E-state index contributed by atoms with van der Waals surface area (Å²) in [5, 5.41) is 0.0875. The summed E-state index contributed by atoms with van der Waals surface area (Å²) in [6.07, 6.45) is -4.23. The van der Waals surface area contributed by atoms with Gasteiger partial charge >= 0.3 is 18.4 Å². The predicted molar refractivity (Wildman–Crippen MR) is 137 cm³/mol. The molecule has 0 radical (unpaired) electrons. The van der Waals surface area contributed by atoms with Crippen LogP contribution in [0.3, 0.4) is 0 Å². The third-order valence-electron chi connectivity index (χ3n) is 4.74. The SMILES string of the molecule is CSc1ncc2c(N(C(=O)OC(C)(C)C)C(=O)OC(C)(C)C)cc(=O)n(-c3ccccc3C(F)(F)F)c2n1. The van der Waals surface area contributed by atoms with Gasteiger partial charge in [-0.15, -0.1) is 0 Å². The smallest absolute Gasteiger partial charge is 0.424 e. The number of anilines is 1. The highest BCUT2D eigenvalue weighted by molar-refractivity contribution is 7.98. The number of nitrogens with zero attached hydrogens (tertiary/aromatic N) is 4. The Morgan fingerprint density at radius 1 is 0.974 bits per heavy atom. The molecule has 0 bridgehead atoms. The molecule has 3 aromatic rings. The molecule has 0 saturated heterocycles. The van der Waals surface area contributed by atoms with E-state index in [0.29, 0.717) is 4.90 Å². The largest absolute Gasteiger partial charge is 0.443 e. The molecule has 0 N–H and O–H groups in total. The number of benzene rings is 1. The molecule has 0 atom stereocenters. The number of carbonyl (C=O) groups is 2. The molecule has 38 heavy (non-hydrogen) atoms. The number of thioether (sulfide) groups is 1. The molecule has 13 heteroatoms. The number of fused-ring (bicyclic) bond motifs is 1. The van der Waals surface area contributed by atoms with Crippen molar-refractivity contribution >= 4 is 40.7 Å². The van der Waals surface area contributed by atoms with E-state index in [4.69, 9.17) is 9.47 Å². The van der Waals surface area contributed by atoms with Gasteiger partial charge in [-0.1, -0.05) is 23.9 Å². The lowest BCUT2D eigenvalue weighted by atomic mass is 10.1. The van der Waals surface area contributed by atoms with Crippen molar-refractivity contribution in [3.63, 3.8) is 0 Å². The van der Waals surface area contributed by atoms with Gasteiger partial charge in [0.2, 0.25) is 0 Å². The van der Waals surface area contributed by atoms with Crippen molar-refractivity contribution in [3.8, 4) is 5.69 Å². The maximum atomic E-state index is 13.9. The van der Waals surface area contributed by atoms with Crippen molar-refractivity contribution in [3.05, 3.63) is 52.4 Å². The van der Waals surface area contributed by atoms with Gasteiger partial charge in [0.15, 0.2) is 10.8 Å². The van der Waals surface area contributed by atoms with Gasteiger partial charge in [0, 0.05) is 12.3 Å². The number of halogens is 3. The average molecular weight is 553 g/mol. The Morgan fingerprint density at radius 3 is 2.03 bits per heavy atom. The van der Waals surface area contributed by atoms with E-state index in [1.54, 1.807) is 47.8 Å². The molecule has 0 aliphatic carbocycles. The monoisotopic (exact) mass is 552 g/mol. The number of alkyl halides is 3. The van der Waals surface area contributed by atoms with Crippen molar-refractivity contribution in [2.24, 2.45) is 0 Å². The van der Waals surface area contributed by atoms with Gasteiger partial charge < -0.3 is 9.47 Å². The second kappa shape index (κ2) is 10.3. The molecule has 3 rings (SSSR count). The summed E-state index contributed by atoms with van der Waals surface area (Å²) >= 11 is 1.09. The maximum Gasteiger partial charge on any atom is 0.424 e. The molecule has 2 amide bonds. The number of aromatic nitrogens is 3. The molecule has 2 aromatic heterocycles. The van der Waals surface area contributed by atoms with E-state index < -0.39 is 46.4 Å². The molecule has 0 aliphatic heterocycles. The van der Waals surface area contributed by atoms with Gasteiger partial charge in [0.05, 0.1) is 22.3 Å². The van der Waals surface area contributed by atoms with Crippen LogP contribution < -0.4 is 10.5 Å². The minimum Gasteiger partial charge on any atom is -0.443 e. The van der Waals surface area contributed by atoms with Gasteiger partial charge in [-0.05, 0) is 59.9 Å². The standard InChI is InChI=1S/C25H27F3N4O5S/c1-23(2,3)36-21(34)32(22(35)37-24(4,5)6)17-12-18(33)31(19-14(17)13-29-20(30-19)38-7)16-11-9-8-10-15(16)25(26,27)28/h8-13H,1-7H3. The van der Waals surface area contributed by atoms with Crippen LogP contribution >= 0.6 is 11.8 Å². The number of ether oxygens (including phenoxy) is 2. The summed E-state index contributed by atoms with van der Waals surface area (Å²) in [5.74, 6) is 0. The Labute approximate surface area is 221 Å². The second-order valence-electron chi connectivity index (χ2n) is 10.1. The van der Waals surface area contributed by atoms with Crippen molar-refractivity contribution in [1.82, 2.24) is 14.5 Å². The third-order valence-corrected chi connectivity index (χ3v) is 5.30. The molecule has 0 fully saturated rings. The lowest BCUT2D eigenvalue weighted by Crippen LogP contribution is -2.44. The Morgan fingerprint density at radius 2 is 1.53 bits per heavy atom. The molecule has 0 saturated carbocycles. The summed E-state index contributed by atoms with van der Waals surface area (Å²) in [7, 11) is 0. The van der Waals surface area contributed by atoms with E-state index >= 15 is 0 Å². The molecular formula is C25H27F3N4O5S. The van der Waals surface area contributed by atoms with Crippen LogP contribution in [0.25, 0.3) is 16.7 Å². The first kappa shape index (κ1) is 29.0. The van der Waals surface area contributed by atoms with E-state index in [9.17, 15) is 27.6 Å². The topological polar surface area (TPSA) is 104 Å². The van der Waals surface area contributed by atoms with Crippen molar-refractivity contribution < 1.29 is 32.2 Å². The first-order valence-corrected chi connectivity index (χ1v) is 12.5. The zero-order chi connectivity index (χ0) is 28.6. The molecular weight excluding hydrogens is 525 g/mol. The lowest BCUT2D eigenvalue weighted by Gasteiger charge is -2.29. The number of imide groups is 1. The van der Waals surface area contributed by atoms with Gasteiger partial charge in [0.1, 0.15) is 11.2 Å². The summed E-state index contributed by atoms with van der Waals surface area (Å²) in [6.45, 7) is 9.48. The van der Waals surface area contributed by atoms with Crippen LogP contribution in [-0.4, -0.2) is 44.2 Å². The zero-order valence-corrected chi connectivity index (χ0v) is 22.7. The summed E-state index contributed by atoms with van der Waals surface area (Å²) in [6, 6.07) is 5.37. The summed E-state index contributed by atoms with van der Waals surface area (Å²) in [5.41, 5.74) is -5.15. The van der Waals surface area contributed by atoms with E-state index in [2.05, 4.69) is 9.97 Å². The van der Waals surface area contributed by atoms with Crippen LogP contribution in [0.2, 0.25) is 0 Å². The number of pyridine rings is 1. The molecule has 204 valence electrons. The number of hydrogen-bond acceptors (Lipinski definition) is 8. The van der Waals surface area contributed by atoms with E-state index in [0.717, 1.165) is 34.5 Å². The highest BCUT2D eigenvalue weighted by Crippen LogP contribution is 2.35. The second-order valence-corrected chi connectivity index (χ2v) is 10.9. The Bertz CT molecular complexity index is 1410. The van der Waals surface area contributed by atoms with Crippen LogP contribution in [0.5, 0.6) is 0 Å². The summed E-state index contributed by atoms with van der Waals surface area (Å²) in [4.78, 5) is 48.8. The summed E-state index contributed by atoms with van der Waals surface area (Å²) < 4.78 is 53.1. The van der Waals surface area contributed by atoms with Crippen LogP contribution in [0, 0.1) is 0 Å². The zero-order valence-electron chi connectivity index (χ0n) is 21.8. The van der Waals surface area contributed by atoms with Crippen molar-refractivity contribution in [2.45, 2.75) is 64.1 Å². The normalized spacial score (nSPS) is 12.4. The number of carbonyl (C=O) groups excluding carboxylic acids is 2. The maximum absolute atomic E-state index is 13.9.